The van der Waals surface area contributed by atoms with Crippen molar-refractivity contribution in [2.45, 2.75) is 44.3 Å². The maximum Gasteiger partial charge on any atom is 0.230 e. The molecule has 1 amide bonds. The van der Waals surface area contributed by atoms with E-state index in [2.05, 4.69) is 38.9 Å². The number of nitrogens with zero attached hydrogens (tertiary/aromatic N) is 4. The molecule has 7 heteroatoms. The molecule has 0 aromatic carbocycles. The number of thioether (sulfide) groups is 1. The number of amides is 1. The van der Waals surface area contributed by atoms with E-state index in [0.717, 1.165) is 42.4 Å². The number of hydrogen-bond acceptors (Lipinski definition) is 5. The monoisotopic (exact) mass is 345 g/mol. The smallest absolute Gasteiger partial charge is 0.230 e. The first kappa shape index (κ1) is 17.0. The van der Waals surface area contributed by atoms with Crippen molar-refractivity contribution in [3.63, 3.8) is 0 Å². The Morgan fingerprint density at radius 1 is 1.33 bits per heavy atom. The van der Waals surface area contributed by atoms with Crippen LogP contribution in [0.1, 0.15) is 39.2 Å². The lowest BCUT2D eigenvalue weighted by Crippen LogP contribution is -2.27. The summed E-state index contributed by atoms with van der Waals surface area (Å²) < 4.78 is 2.17. The average molecular weight is 345 g/mol. The summed E-state index contributed by atoms with van der Waals surface area (Å²) in [4.78, 5) is 16.0. The molecule has 0 aliphatic heterocycles. The molecule has 128 valence electrons. The predicted molar refractivity (Wildman–Crippen MR) is 94.7 cm³/mol. The van der Waals surface area contributed by atoms with Gasteiger partial charge in [-0.3, -0.25) is 14.3 Å². The predicted octanol–water partition coefficient (Wildman–Crippen LogP) is 2.93. The topological polar surface area (TPSA) is 72.7 Å². The summed E-state index contributed by atoms with van der Waals surface area (Å²) >= 11 is 1.46. The summed E-state index contributed by atoms with van der Waals surface area (Å²) in [6.45, 7) is 5.04. The molecule has 2 aromatic heterocycles. The first-order chi connectivity index (χ1) is 11.6. The van der Waals surface area contributed by atoms with Crippen LogP contribution in [0.5, 0.6) is 0 Å². The zero-order valence-electron chi connectivity index (χ0n) is 14.1. The van der Waals surface area contributed by atoms with E-state index in [1.165, 1.54) is 11.8 Å². The molecule has 0 saturated heterocycles. The van der Waals surface area contributed by atoms with Crippen LogP contribution >= 0.6 is 11.8 Å². The van der Waals surface area contributed by atoms with Gasteiger partial charge in [0, 0.05) is 30.5 Å². The molecule has 1 aliphatic carbocycles. The van der Waals surface area contributed by atoms with Crippen LogP contribution in [0.2, 0.25) is 0 Å². The van der Waals surface area contributed by atoms with Gasteiger partial charge in [-0.15, -0.1) is 10.2 Å². The summed E-state index contributed by atoms with van der Waals surface area (Å²) in [5, 5.41) is 12.4. The fraction of sp³-hybridized carbons (Fsp3) is 0.529. The minimum absolute atomic E-state index is 0.0523. The number of carbonyl (C=O) groups is 1. The highest BCUT2D eigenvalue weighted by Crippen LogP contribution is 2.40. The van der Waals surface area contributed by atoms with Crippen molar-refractivity contribution < 1.29 is 4.79 Å². The Hall–Kier alpha value is -1.89. The Kier molecular flexibility index (Phi) is 5.50. The number of hydrogen-bond donors (Lipinski definition) is 1. The lowest BCUT2D eigenvalue weighted by Gasteiger charge is -2.09. The maximum atomic E-state index is 12.0. The molecule has 6 nitrogen and oxygen atoms in total. The molecule has 1 aliphatic rings. The van der Waals surface area contributed by atoms with E-state index >= 15 is 0 Å². The highest BCUT2D eigenvalue weighted by Gasteiger charge is 2.30. The zero-order valence-corrected chi connectivity index (χ0v) is 14.9. The first-order valence-corrected chi connectivity index (χ1v) is 9.38. The van der Waals surface area contributed by atoms with Gasteiger partial charge >= 0.3 is 0 Å². The molecule has 24 heavy (non-hydrogen) atoms. The van der Waals surface area contributed by atoms with Gasteiger partial charge in [0.1, 0.15) is 0 Å². The van der Waals surface area contributed by atoms with E-state index in [4.69, 9.17) is 0 Å². The number of aromatic nitrogens is 4. The standard InChI is InChI=1S/C17H23N5OS/c1-12(2)5-10-19-15(23)11-24-17-21-20-16(22(17)14-3-4-14)13-6-8-18-9-7-13/h6-9,12,14H,3-5,10-11H2,1-2H3,(H,19,23). The van der Waals surface area contributed by atoms with Crippen LogP contribution in [-0.2, 0) is 4.79 Å². The van der Waals surface area contributed by atoms with Gasteiger partial charge in [-0.2, -0.15) is 0 Å². The SMILES string of the molecule is CC(C)CCNC(=O)CSc1nnc(-c2ccncc2)n1C1CC1. The number of pyridine rings is 1. The van der Waals surface area contributed by atoms with Crippen molar-refractivity contribution in [3.05, 3.63) is 24.5 Å². The molecule has 1 saturated carbocycles. The highest BCUT2D eigenvalue weighted by molar-refractivity contribution is 7.99. The molecule has 2 aromatic rings. The van der Waals surface area contributed by atoms with Crippen molar-refractivity contribution in [1.29, 1.82) is 0 Å². The Morgan fingerprint density at radius 2 is 2.08 bits per heavy atom. The van der Waals surface area contributed by atoms with Crippen LogP contribution in [0.4, 0.5) is 0 Å². The van der Waals surface area contributed by atoms with E-state index < -0.39 is 0 Å². The first-order valence-electron chi connectivity index (χ1n) is 8.40. The fourth-order valence-electron chi connectivity index (χ4n) is 2.42. The van der Waals surface area contributed by atoms with Gasteiger partial charge in [0.15, 0.2) is 11.0 Å². The molecule has 0 radical (unpaired) electrons. The lowest BCUT2D eigenvalue weighted by atomic mass is 10.1. The third-order valence-corrected chi connectivity index (χ3v) is 4.83. The molecule has 0 atom stereocenters. The summed E-state index contributed by atoms with van der Waals surface area (Å²) in [5.41, 5.74) is 1.01. The Balaban J connectivity index is 1.64. The van der Waals surface area contributed by atoms with Gasteiger partial charge in [0.25, 0.3) is 0 Å². The maximum absolute atomic E-state index is 12.0. The van der Waals surface area contributed by atoms with E-state index in [1.807, 2.05) is 12.1 Å². The molecule has 1 N–H and O–H groups in total. The van der Waals surface area contributed by atoms with Crippen molar-refractivity contribution in [3.8, 4) is 11.4 Å². The third kappa shape index (κ3) is 4.35. The molecule has 3 rings (SSSR count). The van der Waals surface area contributed by atoms with E-state index in [9.17, 15) is 4.79 Å². The molecule has 0 bridgehead atoms. The largest absolute Gasteiger partial charge is 0.355 e. The van der Waals surface area contributed by atoms with Crippen LogP contribution in [0, 0.1) is 5.92 Å². The summed E-state index contributed by atoms with van der Waals surface area (Å²) in [7, 11) is 0. The van der Waals surface area contributed by atoms with E-state index in [0.29, 0.717) is 17.7 Å². The van der Waals surface area contributed by atoms with Gasteiger partial charge in [-0.25, -0.2) is 0 Å². The van der Waals surface area contributed by atoms with Crippen LogP contribution < -0.4 is 5.32 Å². The molecular weight excluding hydrogens is 322 g/mol. The Bertz CT molecular complexity index is 682. The van der Waals surface area contributed by atoms with Gasteiger partial charge in [0.2, 0.25) is 5.91 Å². The van der Waals surface area contributed by atoms with Crippen molar-refractivity contribution >= 4 is 17.7 Å². The van der Waals surface area contributed by atoms with Crippen LogP contribution in [0.25, 0.3) is 11.4 Å². The Labute approximate surface area is 146 Å². The van der Waals surface area contributed by atoms with Crippen molar-refractivity contribution in [1.82, 2.24) is 25.1 Å². The zero-order chi connectivity index (χ0) is 16.9. The molecule has 2 heterocycles. The van der Waals surface area contributed by atoms with Gasteiger partial charge in [-0.1, -0.05) is 25.6 Å². The Morgan fingerprint density at radius 3 is 2.75 bits per heavy atom. The van der Waals surface area contributed by atoms with Gasteiger partial charge in [-0.05, 0) is 37.3 Å². The van der Waals surface area contributed by atoms with Crippen LogP contribution in [-0.4, -0.2) is 38.0 Å². The van der Waals surface area contributed by atoms with E-state index in [1.54, 1.807) is 12.4 Å². The van der Waals surface area contributed by atoms with E-state index in [-0.39, 0.29) is 5.91 Å². The van der Waals surface area contributed by atoms with Crippen molar-refractivity contribution in [2.75, 3.05) is 12.3 Å². The third-order valence-electron chi connectivity index (χ3n) is 3.89. The second-order valence-corrected chi connectivity index (χ2v) is 7.41. The lowest BCUT2D eigenvalue weighted by molar-refractivity contribution is -0.118. The minimum Gasteiger partial charge on any atom is -0.355 e. The van der Waals surface area contributed by atoms with Gasteiger partial charge < -0.3 is 5.32 Å². The average Bonchev–Trinajstić information content (AvgIpc) is 3.32. The van der Waals surface area contributed by atoms with Gasteiger partial charge in [0.05, 0.1) is 5.75 Å². The summed E-state index contributed by atoms with van der Waals surface area (Å²) in [6.07, 6.45) is 6.81. The fourth-order valence-corrected chi connectivity index (χ4v) is 3.25. The molecule has 1 fully saturated rings. The highest BCUT2D eigenvalue weighted by atomic mass is 32.2. The second kappa shape index (κ2) is 7.79. The molecule has 0 unspecified atom stereocenters. The summed E-state index contributed by atoms with van der Waals surface area (Å²) in [6, 6.07) is 4.33. The quantitative estimate of drug-likeness (QED) is 0.745. The molecule has 0 spiro atoms. The number of rotatable bonds is 8. The second-order valence-electron chi connectivity index (χ2n) is 6.46. The van der Waals surface area contributed by atoms with Crippen LogP contribution in [0.15, 0.2) is 29.7 Å². The minimum atomic E-state index is 0.0523. The molecular formula is C17H23N5OS. The van der Waals surface area contributed by atoms with Crippen LogP contribution in [0.3, 0.4) is 0 Å². The number of nitrogens with one attached hydrogen (secondary N) is 1. The normalized spacial score (nSPS) is 14.1. The number of carbonyl (C=O) groups excluding carboxylic acids is 1. The summed E-state index contributed by atoms with van der Waals surface area (Å²) in [5.74, 6) is 1.89. The van der Waals surface area contributed by atoms with Crippen molar-refractivity contribution in [2.24, 2.45) is 5.92 Å².